The van der Waals surface area contributed by atoms with Gasteiger partial charge in [0.2, 0.25) is 0 Å². The summed E-state index contributed by atoms with van der Waals surface area (Å²) in [5.74, 6) is -0.0261. The number of hydrogen-bond donors (Lipinski definition) is 1. The van der Waals surface area contributed by atoms with Crippen molar-refractivity contribution in [3.05, 3.63) is 81.6 Å². The summed E-state index contributed by atoms with van der Waals surface area (Å²) in [6, 6.07) is 17.4. The quantitative estimate of drug-likeness (QED) is 0.455. The molecule has 1 N–H and O–H groups in total. The Balaban J connectivity index is 1.52. The molecule has 1 aromatic heterocycles. The van der Waals surface area contributed by atoms with Crippen molar-refractivity contribution in [3.63, 3.8) is 0 Å². The van der Waals surface area contributed by atoms with E-state index in [-0.39, 0.29) is 11.7 Å². The van der Waals surface area contributed by atoms with Gasteiger partial charge in [0.1, 0.15) is 11.6 Å². The van der Waals surface area contributed by atoms with Gasteiger partial charge in [-0.2, -0.15) is 0 Å². The molecule has 0 atom stereocenters. The zero-order valence-corrected chi connectivity index (χ0v) is 17.4. The summed E-state index contributed by atoms with van der Waals surface area (Å²) in [6.45, 7) is 0. The van der Waals surface area contributed by atoms with E-state index in [1.54, 1.807) is 18.2 Å². The van der Waals surface area contributed by atoms with Crippen LogP contribution in [0.1, 0.15) is 5.76 Å². The molecule has 0 spiro atoms. The largest absolute Gasteiger partial charge is 0.449 e. The summed E-state index contributed by atoms with van der Waals surface area (Å²) >= 11 is 6.19. The summed E-state index contributed by atoms with van der Waals surface area (Å²) in [6.07, 6.45) is 1.67. The molecule has 0 bridgehead atoms. The minimum atomic E-state index is -0.333. The summed E-state index contributed by atoms with van der Waals surface area (Å²) in [5.41, 5.74) is 0.563. The second kappa shape index (κ2) is 8.38. The third kappa shape index (κ3) is 4.57. The van der Waals surface area contributed by atoms with Gasteiger partial charge in [-0.25, -0.2) is 9.38 Å². The molecule has 2 aromatic carbocycles. The summed E-state index contributed by atoms with van der Waals surface area (Å²) in [4.78, 5) is 18.1. The van der Waals surface area contributed by atoms with E-state index >= 15 is 0 Å². The lowest BCUT2D eigenvalue weighted by Gasteiger charge is -1.97. The van der Waals surface area contributed by atoms with E-state index in [0.717, 1.165) is 9.37 Å². The molecular formula is C20H12BrFN2O2S2. The Bertz CT molecular complexity index is 1080. The number of carbonyl (C=O) groups excluding carboxylic acids is 1. The molecule has 0 unspecified atom stereocenters. The molecule has 1 fully saturated rings. The first-order chi connectivity index (χ1) is 13.6. The monoisotopic (exact) mass is 474 g/mol. The number of amidine groups is 1. The molecule has 4 rings (SSSR count). The van der Waals surface area contributed by atoms with Crippen molar-refractivity contribution >= 4 is 62.3 Å². The van der Waals surface area contributed by atoms with Gasteiger partial charge in [0.05, 0.1) is 15.1 Å². The van der Waals surface area contributed by atoms with Crippen LogP contribution in [-0.4, -0.2) is 11.1 Å². The molecule has 1 amide bonds. The van der Waals surface area contributed by atoms with Gasteiger partial charge in [0.15, 0.2) is 10.3 Å². The number of halogens is 2. The molecule has 4 nitrogen and oxygen atoms in total. The van der Waals surface area contributed by atoms with Crippen molar-refractivity contribution in [2.45, 2.75) is 9.99 Å². The highest BCUT2D eigenvalue weighted by atomic mass is 79.9. The van der Waals surface area contributed by atoms with Crippen molar-refractivity contribution in [1.29, 1.82) is 0 Å². The minimum absolute atomic E-state index is 0.254. The highest BCUT2D eigenvalue weighted by Gasteiger charge is 2.24. The predicted molar refractivity (Wildman–Crippen MR) is 114 cm³/mol. The zero-order chi connectivity index (χ0) is 19.5. The van der Waals surface area contributed by atoms with Gasteiger partial charge in [-0.1, -0.05) is 30.0 Å². The van der Waals surface area contributed by atoms with Crippen molar-refractivity contribution in [1.82, 2.24) is 5.32 Å². The van der Waals surface area contributed by atoms with Crippen molar-refractivity contribution in [3.8, 4) is 0 Å². The fraction of sp³-hybridized carbons (Fsp3) is 0. The summed E-state index contributed by atoms with van der Waals surface area (Å²) in [5, 5.41) is 3.85. The standard InChI is InChI=1S/C20H12BrFN2O2S2/c21-16-10-14(26-19(16)27-15-4-2-1-3-5-15)11-17-18(25)24-20(28-17)23-13-8-6-12(22)7-9-13/h1-11H,(H,23,24,25)/b17-11+. The fourth-order valence-corrected chi connectivity index (χ4v) is 4.52. The zero-order valence-electron chi connectivity index (χ0n) is 14.2. The van der Waals surface area contributed by atoms with E-state index < -0.39 is 0 Å². The SMILES string of the molecule is O=C1NC(=Nc2ccc(F)cc2)S/C1=C/c1cc(Br)c(Sc2ccccc2)o1. The van der Waals surface area contributed by atoms with Crippen molar-refractivity contribution < 1.29 is 13.6 Å². The highest BCUT2D eigenvalue weighted by Crippen LogP contribution is 2.37. The number of carbonyl (C=O) groups is 1. The number of benzene rings is 2. The summed E-state index contributed by atoms with van der Waals surface area (Å²) < 4.78 is 19.7. The number of thioether (sulfide) groups is 1. The molecule has 0 radical (unpaired) electrons. The maximum absolute atomic E-state index is 13.0. The van der Waals surface area contributed by atoms with Crippen LogP contribution in [0.15, 0.2) is 89.4 Å². The molecular weight excluding hydrogens is 463 g/mol. The average molecular weight is 475 g/mol. The van der Waals surface area contributed by atoms with E-state index in [9.17, 15) is 9.18 Å². The Hall–Kier alpha value is -2.29. The first-order valence-electron chi connectivity index (χ1n) is 8.14. The molecule has 2 heterocycles. The molecule has 0 aliphatic carbocycles. The summed E-state index contributed by atoms with van der Waals surface area (Å²) in [7, 11) is 0. The van der Waals surface area contributed by atoms with Gasteiger partial charge in [-0.05, 0) is 70.2 Å². The molecule has 0 saturated carbocycles. The normalized spacial score (nSPS) is 16.7. The predicted octanol–water partition coefficient (Wildman–Crippen LogP) is 6.22. The Labute approximate surface area is 177 Å². The van der Waals surface area contributed by atoms with Crippen LogP contribution in [-0.2, 0) is 4.79 Å². The van der Waals surface area contributed by atoms with Gasteiger partial charge in [0.25, 0.3) is 5.91 Å². The first-order valence-corrected chi connectivity index (χ1v) is 10.6. The van der Waals surface area contributed by atoms with E-state index in [1.165, 1.54) is 35.7 Å². The first kappa shape index (κ1) is 19.0. The van der Waals surface area contributed by atoms with Gasteiger partial charge < -0.3 is 9.73 Å². The topological polar surface area (TPSA) is 54.6 Å². The van der Waals surface area contributed by atoms with Crippen LogP contribution in [0.5, 0.6) is 0 Å². The van der Waals surface area contributed by atoms with Crippen molar-refractivity contribution in [2.75, 3.05) is 0 Å². The lowest BCUT2D eigenvalue weighted by molar-refractivity contribution is -0.115. The highest BCUT2D eigenvalue weighted by molar-refractivity contribution is 9.10. The number of nitrogens with one attached hydrogen (secondary N) is 1. The Morgan fingerprint density at radius 3 is 2.64 bits per heavy atom. The third-order valence-corrected chi connectivity index (χ3v) is 6.37. The Morgan fingerprint density at radius 1 is 1.14 bits per heavy atom. The number of amides is 1. The Kier molecular flexibility index (Phi) is 5.70. The minimum Gasteiger partial charge on any atom is -0.449 e. The van der Waals surface area contributed by atoms with Crippen LogP contribution >= 0.6 is 39.5 Å². The molecule has 140 valence electrons. The lowest BCUT2D eigenvalue weighted by atomic mass is 10.3. The molecule has 3 aromatic rings. The van der Waals surface area contributed by atoms with Crippen LogP contribution in [0.3, 0.4) is 0 Å². The van der Waals surface area contributed by atoms with E-state index in [2.05, 4.69) is 26.2 Å². The number of nitrogens with zero attached hydrogens (tertiary/aromatic N) is 1. The number of hydrogen-bond acceptors (Lipinski definition) is 5. The van der Waals surface area contributed by atoms with Crippen LogP contribution in [0.2, 0.25) is 0 Å². The maximum Gasteiger partial charge on any atom is 0.264 e. The number of rotatable bonds is 4. The van der Waals surface area contributed by atoms with Gasteiger partial charge >= 0.3 is 0 Å². The Morgan fingerprint density at radius 2 is 1.89 bits per heavy atom. The van der Waals surface area contributed by atoms with Crippen LogP contribution in [0.25, 0.3) is 6.08 Å². The molecule has 1 saturated heterocycles. The van der Waals surface area contributed by atoms with Crippen molar-refractivity contribution in [2.24, 2.45) is 4.99 Å². The van der Waals surface area contributed by atoms with Gasteiger partial charge in [-0.15, -0.1) is 0 Å². The number of aliphatic imine (C=N–C) groups is 1. The second-order valence-electron chi connectivity index (χ2n) is 5.66. The average Bonchev–Trinajstić information content (AvgIpc) is 3.20. The number of furan rings is 1. The molecule has 28 heavy (non-hydrogen) atoms. The van der Waals surface area contributed by atoms with Crippen LogP contribution < -0.4 is 5.32 Å². The lowest BCUT2D eigenvalue weighted by Crippen LogP contribution is -2.19. The van der Waals surface area contributed by atoms with E-state index in [1.807, 2.05) is 36.4 Å². The maximum atomic E-state index is 13.0. The van der Waals surface area contributed by atoms with Gasteiger partial charge in [-0.3, -0.25) is 4.79 Å². The smallest absolute Gasteiger partial charge is 0.264 e. The third-order valence-electron chi connectivity index (χ3n) is 3.61. The molecule has 1 aliphatic heterocycles. The van der Waals surface area contributed by atoms with Crippen LogP contribution in [0, 0.1) is 5.82 Å². The van der Waals surface area contributed by atoms with E-state index in [0.29, 0.717) is 26.6 Å². The van der Waals surface area contributed by atoms with Gasteiger partial charge in [0, 0.05) is 11.0 Å². The van der Waals surface area contributed by atoms with Crippen LogP contribution in [0.4, 0.5) is 10.1 Å². The molecule has 1 aliphatic rings. The van der Waals surface area contributed by atoms with E-state index in [4.69, 9.17) is 4.42 Å². The second-order valence-corrected chi connectivity index (χ2v) is 8.59. The molecule has 8 heteroatoms. The fourth-order valence-electron chi connectivity index (χ4n) is 2.35.